The summed E-state index contributed by atoms with van der Waals surface area (Å²) in [5, 5.41) is 2.59. The molecule has 0 aromatic heterocycles. The van der Waals surface area contributed by atoms with Crippen molar-refractivity contribution in [1.29, 1.82) is 0 Å². The first-order valence-electron chi connectivity index (χ1n) is 6.75. The second-order valence-electron chi connectivity index (χ2n) is 4.71. The first kappa shape index (κ1) is 17.4. The number of amides is 1. The Kier molecular flexibility index (Phi) is 5.68. The van der Waals surface area contributed by atoms with E-state index >= 15 is 0 Å². The largest absolute Gasteiger partial charge is 0.497 e. The SMILES string of the molecule is COc1ccc(S(=O)(=O)CC(=O)Nc2ccc(SC)cc2)cc1. The number of anilines is 1. The van der Waals surface area contributed by atoms with E-state index in [9.17, 15) is 13.2 Å². The van der Waals surface area contributed by atoms with Crippen molar-refractivity contribution in [2.75, 3.05) is 24.4 Å². The summed E-state index contributed by atoms with van der Waals surface area (Å²) < 4.78 is 29.4. The molecule has 5 nitrogen and oxygen atoms in total. The lowest BCUT2D eigenvalue weighted by Gasteiger charge is -2.08. The van der Waals surface area contributed by atoms with Gasteiger partial charge in [-0.25, -0.2) is 8.42 Å². The number of sulfone groups is 1. The van der Waals surface area contributed by atoms with Crippen LogP contribution in [0.3, 0.4) is 0 Å². The lowest BCUT2D eigenvalue weighted by Crippen LogP contribution is -2.23. The summed E-state index contributed by atoms with van der Waals surface area (Å²) in [5.41, 5.74) is 0.567. The van der Waals surface area contributed by atoms with Gasteiger partial charge in [0.2, 0.25) is 5.91 Å². The van der Waals surface area contributed by atoms with E-state index in [1.54, 1.807) is 36.0 Å². The molecule has 2 aromatic carbocycles. The van der Waals surface area contributed by atoms with Gasteiger partial charge in [-0.1, -0.05) is 0 Å². The summed E-state index contributed by atoms with van der Waals surface area (Å²) >= 11 is 1.59. The van der Waals surface area contributed by atoms with Crippen molar-refractivity contribution in [2.24, 2.45) is 0 Å². The maximum absolute atomic E-state index is 12.2. The summed E-state index contributed by atoms with van der Waals surface area (Å²) in [5.74, 6) is -0.621. The van der Waals surface area contributed by atoms with Crippen molar-refractivity contribution >= 4 is 33.2 Å². The van der Waals surface area contributed by atoms with Crippen molar-refractivity contribution in [2.45, 2.75) is 9.79 Å². The van der Waals surface area contributed by atoms with E-state index in [2.05, 4.69) is 5.32 Å². The van der Waals surface area contributed by atoms with Gasteiger partial charge in [-0.3, -0.25) is 4.79 Å². The topological polar surface area (TPSA) is 72.5 Å². The van der Waals surface area contributed by atoms with Gasteiger partial charge in [0.05, 0.1) is 12.0 Å². The minimum Gasteiger partial charge on any atom is -0.497 e. The van der Waals surface area contributed by atoms with E-state index in [4.69, 9.17) is 4.74 Å². The Balaban J connectivity index is 2.04. The average Bonchev–Trinajstić information content (AvgIpc) is 2.55. The molecule has 7 heteroatoms. The fraction of sp³-hybridized carbons (Fsp3) is 0.188. The Labute approximate surface area is 140 Å². The molecule has 0 aliphatic carbocycles. The van der Waals surface area contributed by atoms with Gasteiger partial charge in [-0.15, -0.1) is 11.8 Å². The van der Waals surface area contributed by atoms with E-state index in [0.717, 1.165) is 4.90 Å². The van der Waals surface area contributed by atoms with Crippen molar-refractivity contribution in [3.8, 4) is 5.75 Å². The fourth-order valence-electron chi connectivity index (χ4n) is 1.91. The molecular weight excluding hydrogens is 334 g/mol. The van der Waals surface area contributed by atoms with Crippen molar-refractivity contribution in [1.82, 2.24) is 0 Å². The van der Waals surface area contributed by atoms with Crippen LogP contribution in [-0.2, 0) is 14.6 Å². The lowest BCUT2D eigenvalue weighted by atomic mass is 10.3. The molecule has 2 rings (SSSR count). The van der Waals surface area contributed by atoms with Crippen LogP contribution in [0.25, 0.3) is 0 Å². The molecule has 0 aliphatic heterocycles. The number of rotatable bonds is 6. The third-order valence-corrected chi connectivity index (χ3v) is 5.49. The van der Waals surface area contributed by atoms with Crippen LogP contribution in [0.15, 0.2) is 58.3 Å². The van der Waals surface area contributed by atoms with Gasteiger partial charge >= 0.3 is 0 Å². The minimum absolute atomic E-state index is 0.0891. The van der Waals surface area contributed by atoms with E-state index in [0.29, 0.717) is 11.4 Å². The maximum atomic E-state index is 12.2. The van der Waals surface area contributed by atoms with E-state index < -0.39 is 21.5 Å². The molecule has 0 saturated heterocycles. The molecule has 0 bridgehead atoms. The van der Waals surface area contributed by atoms with Crippen LogP contribution in [0.1, 0.15) is 0 Å². The van der Waals surface area contributed by atoms with Crippen LogP contribution in [-0.4, -0.2) is 33.4 Å². The summed E-state index contributed by atoms with van der Waals surface area (Å²) in [6.07, 6.45) is 1.95. The highest BCUT2D eigenvalue weighted by atomic mass is 32.2. The van der Waals surface area contributed by atoms with Gasteiger partial charge in [0.25, 0.3) is 0 Å². The highest BCUT2D eigenvalue weighted by Gasteiger charge is 2.19. The second kappa shape index (κ2) is 7.52. The molecule has 1 amide bonds. The average molecular weight is 351 g/mol. The van der Waals surface area contributed by atoms with Gasteiger partial charge in [-0.05, 0) is 54.8 Å². The summed E-state index contributed by atoms with van der Waals surface area (Å²) in [6.45, 7) is 0. The van der Waals surface area contributed by atoms with Crippen molar-refractivity contribution < 1.29 is 17.9 Å². The zero-order chi connectivity index (χ0) is 16.9. The van der Waals surface area contributed by atoms with Crippen LogP contribution in [0, 0.1) is 0 Å². The molecule has 0 atom stereocenters. The van der Waals surface area contributed by atoms with Crippen LogP contribution >= 0.6 is 11.8 Å². The normalized spacial score (nSPS) is 11.0. The zero-order valence-electron chi connectivity index (χ0n) is 12.8. The Morgan fingerprint density at radius 3 is 2.22 bits per heavy atom. The van der Waals surface area contributed by atoms with Gasteiger partial charge < -0.3 is 10.1 Å². The number of methoxy groups -OCH3 is 1. The van der Waals surface area contributed by atoms with E-state index in [-0.39, 0.29) is 4.90 Å². The third kappa shape index (κ3) is 4.74. The monoisotopic (exact) mass is 351 g/mol. The van der Waals surface area contributed by atoms with E-state index in [1.807, 2.05) is 18.4 Å². The minimum atomic E-state index is -3.69. The Hall–Kier alpha value is -1.99. The smallest absolute Gasteiger partial charge is 0.239 e. The molecule has 0 radical (unpaired) electrons. The molecule has 0 aliphatic rings. The van der Waals surface area contributed by atoms with Crippen LogP contribution in [0.5, 0.6) is 5.75 Å². The summed E-state index contributed by atoms with van der Waals surface area (Å²) in [6, 6.07) is 13.1. The summed E-state index contributed by atoms with van der Waals surface area (Å²) in [7, 11) is -2.19. The number of nitrogens with one attached hydrogen (secondary N) is 1. The molecule has 0 heterocycles. The molecule has 2 aromatic rings. The Bertz CT molecular complexity index is 769. The Morgan fingerprint density at radius 2 is 1.70 bits per heavy atom. The van der Waals surface area contributed by atoms with Gasteiger partial charge in [0.1, 0.15) is 11.5 Å². The zero-order valence-corrected chi connectivity index (χ0v) is 14.4. The van der Waals surface area contributed by atoms with Crippen molar-refractivity contribution in [3.63, 3.8) is 0 Å². The number of carbonyl (C=O) groups excluding carboxylic acids is 1. The molecule has 0 fully saturated rings. The molecule has 0 spiro atoms. The predicted molar refractivity (Wildman–Crippen MR) is 91.9 cm³/mol. The Morgan fingerprint density at radius 1 is 1.09 bits per heavy atom. The number of carbonyl (C=O) groups is 1. The third-order valence-electron chi connectivity index (χ3n) is 3.11. The standard InChI is InChI=1S/C16H17NO4S2/c1-21-13-5-9-15(10-6-13)23(19,20)11-16(18)17-12-3-7-14(22-2)8-4-12/h3-10H,11H2,1-2H3,(H,17,18). The molecular formula is C16H17NO4S2. The lowest BCUT2D eigenvalue weighted by molar-refractivity contribution is -0.113. The van der Waals surface area contributed by atoms with Crippen LogP contribution in [0.2, 0.25) is 0 Å². The quantitative estimate of drug-likeness (QED) is 0.810. The maximum Gasteiger partial charge on any atom is 0.239 e. The fourth-order valence-corrected chi connectivity index (χ4v) is 3.45. The molecule has 0 unspecified atom stereocenters. The second-order valence-corrected chi connectivity index (χ2v) is 7.58. The van der Waals surface area contributed by atoms with Gasteiger partial charge in [0.15, 0.2) is 9.84 Å². The van der Waals surface area contributed by atoms with Gasteiger partial charge in [0, 0.05) is 10.6 Å². The van der Waals surface area contributed by atoms with Crippen molar-refractivity contribution in [3.05, 3.63) is 48.5 Å². The number of hydrogen-bond donors (Lipinski definition) is 1. The van der Waals surface area contributed by atoms with Crippen LogP contribution in [0.4, 0.5) is 5.69 Å². The van der Waals surface area contributed by atoms with E-state index in [1.165, 1.54) is 19.2 Å². The highest BCUT2D eigenvalue weighted by Crippen LogP contribution is 2.19. The first-order valence-corrected chi connectivity index (χ1v) is 9.63. The summed E-state index contributed by atoms with van der Waals surface area (Å²) in [4.78, 5) is 13.1. The molecule has 122 valence electrons. The van der Waals surface area contributed by atoms with Crippen LogP contribution < -0.4 is 10.1 Å². The number of thioether (sulfide) groups is 1. The first-order chi connectivity index (χ1) is 10.9. The molecule has 23 heavy (non-hydrogen) atoms. The predicted octanol–water partition coefficient (Wildman–Crippen LogP) is 2.83. The number of benzene rings is 2. The van der Waals surface area contributed by atoms with Gasteiger partial charge in [-0.2, -0.15) is 0 Å². The number of ether oxygens (including phenoxy) is 1. The highest BCUT2D eigenvalue weighted by molar-refractivity contribution is 7.98. The molecule has 1 N–H and O–H groups in total. The number of hydrogen-bond acceptors (Lipinski definition) is 5. The molecule has 0 saturated carbocycles.